The normalized spacial score (nSPS) is 14.8. The Morgan fingerprint density at radius 1 is 1.28 bits per heavy atom. The Morgan fingerprint density at radius 3 is 2.76 bits per heavy atom. The molecule has 1 unspecified atom stereocenters. The molecule has 2 aromatic rings. The van der Waals surface area contributed by atoms with Crippen LogP contribution in [0.2, 0.25) is 0 Å². The van der Waals surface area contributed by atoms with Crippen LogP contribution in [-0.4, -0.2) is 16.8 Å². The predicted octanol–water partition coefficient (Wildman–Crippen LogP) is 4.28. The van der Waals surface area contributed by atoms with Crippen molar-refractivity contribution in [1.82, 2.24) is 10.5 Å². The average Bonchev–Trinajstić information content (AvgIpc) is 2.93. The summed E-state index contributed by atoms with van der Waals surface area (Å²) in [5.41, 5.74) is 6.14. The highest BCUT2D eigenvalue weighted by molar-refractivity contribution is 7.99. The minimum atomic E-state index is 0.0411. The van der Waals surface area contributed by atoms with E-state index in [4.69, 9.17) is 4.52 Å². The topological polar surface area (TPSA) is 55.1 Å². The molecule has 1 aromatic heterocycles. The zero-order valence-corrected chi connectivity index (χ0v) is 16.0. The van der Waals surface area contributed by atoms with Crippen LogP contribution in [0.15, 0.2) is 22.7 Å². The number of rotatable bonds is 6. The van der Waals surface area contributed by atoms with Crippen LogP contribution in [0, 0.1) is 13.8 Å². The first-order valence-electron chi connectivity index (χ1n) is 8.95. The van der Waals surface area contributed by atoms with Crippen molar-refractivity contribution >= 4 is 17.7 Å². The monoisotopic (exact) mass is 358 g/mol. The van der Waals surface area contributed by atoms with Gasteiger partial charge in [0.2, 0.25) is 5.91 Å². The molecule has 1 aliphatic carbocycles. The van der Waals surface area contributed by atoms with Crippen molar-refractivity contribution in [1.29, 1.82) is 0 Å². The molecule has 5 heteroatoms. The van der Waals surface area contributed by atoms with Crippen LogP contribution in [0.25, 0.3) is 0 Å². The van der Waals surface area contributed by atoms with Gasteiger partial charge in [0, 0.05) is 11.3 Å². The highest BCUT2D eigenvalue weighted by atomic mass is 32.2. The first kappa shape index (κ1) is 18.1. The lowest BCUT2D eigenvalue weighted by Crippen LogP contribution is -2.28. The highest BCUT2D eigenvalue weighted by Gasteiger charge is 2.15. The number of hydrogen-bond acceptors (Lipinski definition) is 4. The molecule has 1 aromatic carbocycles. The third-order valence-corrected chi connectivity index (χ3v) is 5.87. The van der Waals surface area contributed by atoms with E-state index in [0.717, 1.165) is 29.2 Å². The molecule has 4 nitrogen and oxygen atoms in total. The maximum absolute atomic E-state index is 12.2. The maximum atomic E-state index is 12.2. The van der Waals surface area contributed by atoms with Gasteiger partial charge in [0.05, 0.1) is 17.5 Å². The number of aryl methyl sites for hydroxylation is 4. The standard InChI is InChI=1S/C20H26N2O2S/c1-13(17-9-8-16-6-4-5-7-18(16)10-17)21-20(23)12-25-11-19-14(2)22-24-15(19)3/h8-10,13H,4-7,11-12H2,1-3H3,(H,21,23). The second-order valence-corrected chi connectivity index (χ2v) is 7.81. The van der Waals surface area contributed by atoms with E-state index in [1.165, 1.54) is 36.0 Å². The Bertz CT molecular complexity index is 735. The summed E-state index contributed by atoms with van der Waals surface area (Å²) in [5.74, 6) is 2.11. The Kier molecular flexibility index (Phi) is 5.84. The number of aromatic nitrogens is 1. The van der Waals surface area contributed by atoms with E-state index in [1.807, 2.05) is 13.8 Å². The largest absolute Gasteiger partial charge is 0.361 e. The molecule has 0 fully saturated rings. The molecule has 25 heavy (non-hydrogen) atoms. The van der Waals surface area contributed by atoms with Crippen molar-refractivity contribution in [2.75, 3.05) is 5.75 Å². The lowest BCUT2D eigenvalue weighted by Gasteiger charge is -2.20. The van der Waals surface area contributed by atoms with E-state index in [1.54, 1.807) is 11.8 Å². The summed E-state index contributed by atoms with van der Waals surface area (Å²) in [6.45, 7) is 5.90. The van der Waals surface area contributed by atoms with Crippen LogP contribution in [0.1, 0.15) is 59.5 Å². The summed E-state index contributed by atoms with van der Waals surface area (Å²) in [4.78, 5) is 12.2. The molecule has 0 saturated heterocycles. The van der Waals surface area contributed by atoms with Gasteiger partial charge in [-0.1, -0.05) is 23.4 Å². The smallest absolute Gasteiger partial charge is 0.230 e. The molecule has 3 rings (SSSR count). The van der Waals surface area contributed by atoms with Crippen LogP contribution in [0.5, 0.6) is 0 Å². The maximum Gasteiger partial charge on any atom is 0.230 e. The zero-order chi connectivity index (χ0) is 17.8. The molecule has 0 radical (unpaired) electrons. The van der Waals surface area contributed by atoms with Crippen molar-refractivity contribution in [3.05, 3.63) is 51.9 Å². The van der Waals surface area contributed by atoms with E-state index in [-0.39, 0.29) is 11.9 Å². The number of hydrogen-bond donors (Lipinski definition) is 1. The van der Waals surface area contributed by atoms with Crippen LogP contribution in [0.4, 0.5) is 0 Å². The Labute approximate surface area is 153 Å². The van der Waals surface area contributed by atoms with Gasteiger partial charge in [-0.25, -0.2) is 0 Å². The number of fused-ring (bicyclic) bond motifs is 1. The number of carbonyl (C=O) groups excluding carboxylic acids is 1. The lowest BCUT2D eigenvalue weighted by molar-refractivity contribution is -0.119. The van der Waals surface area contributed by atoms with Gasteiger partial charge in [-0.2, -0.15) is 0 Å². The summed E-state index contributed by atoms with van der Waals surface area (Å²) < 4.78 is 5.16. The average molecular weight is 359 g/mol. The SMILES string of the molecule is Cc1noc(C)c1CSCC(=O)NC(C)c1ccc2c(c1)CCCC2. The summed E-state index contributed by atoms with van der Waals surface area (Å²) in [6.07, 6.45) is 4.92. The highest BCUT2D eigenvalue weighted by Crippen LogP contribution is 2.25. The van der Waals surface area contributed by atoms with Gasteiger partial charge < -0.3 is 9.84 Å². The van der Waals surface area contributed by atoms with Crippen LogP contribution in [-0.2, 0) is 23.4 Å². The van der Waals surface area contributed by atoms with Gasteiger partial charge >= 0.3 is 0 Å². The van der Waals surface area contributed by atoms with Crippen LogP contribution in [0.3, 0.4) is 0 Å². The van der Waals surface area contributed by atoms with Crippen molar-refractivity contribution in [3.63, 3.8) is 0 Å². The summed E-state index contributed by atoms with van der Waals surface area (Å²) in [6, 6.07) is 6.71. The number of carbonyl (C=O) groups is 1. The molecule has 1 amide bonds. The quantitative estimate of drug-likeness (QED) is 0.837. The fourth-order valence-corrected chi connectivity index (χ4v) is 4.33. The van der Waals surface area contributed by atoms with Crippen molar-refractivity contribution in [2.45, 2.75) is 58.2 Å². The van der Waals surface area contributed by atoms with E-state index in [9.17, 15) is 4.79 Å². The van der Waals surface area contributed by atoms with Crippen molar-refractivity contribution < 1.29 is 9.32 Å². The van der Waals surface area contributed by atoms with Crippen LogP contribution >= 0.6 is 11.8 Å². The molecular formula is C20H26N2O2S. The van der Waals surface area contributed by atoms with Gasteiger partial charge in [0.25, 0.3) is 0 Å². The van der Waals surface area contributed by atoms with Gasteiger partial charge in [0.15, 0.2) is 0 Å². The van der Waals surface area contributed by atoms with Gasteiger partial charge in [0.1, 0.15) is 5.76 Å². The van der Waals surface area contributed by atoms with E-state index in [2.05, 4.69) is 35.6 Å². The zero-order valence-electron chi connectivity index (χ0n) is 15.2. The Hall–Kier alpha value is -1.75. The van der Waals surface area contributed by atoms with Crippen LogP contribution < -0.4 is 5.32 Å². The fourth-order valence-electron chi connectivity index (χ4n) is 3.34. The molecule has 1 atom stereocenters. The minimum absolute atomic E-state index is 0.0411. The summed E-state index contributed by atoms with van der Waals surface area (Å²) in [7, 11) is 0. The number of amides is 1. The number of nitrogens with zero attached hydrogens (tertiary/aromatic N) is 1. The number of benzene rings is 1. The molecule has 1 heterocycles. The second kappa shape index (κ2) is 8.09. The number of thioether (sulfide) groups is 1. The minimum Gasteiger partial charge on any atom is -0.361 e. The van der Waals surface area contributed by atoms with E-state index < -0.39 is 0 Å². The molecular weight excluding hydrogens is 332 g/mol. The van der Waals surface area contributed by atoms with Gasteiger partial charge in [-0.3, -0.25) is 4.79 Å². The Balaban J connectivity index is 1.50. The molecule has 0 bridgehead atoms. The third-order valence-electron chi connectivity index (χ3n) is 4.91. The second-order valence-electron chi connectivity index (χ2n) is 6.82. The number of nitrogens with one attached hydrogen (secondary N) is 1. The summed E-state index contributed by atoms with van der Waals surface area (Å²) >= 11 is 1.60. The predicted molar refractivity (Wildman–Crippen MR) is 102 cm³/mol. The van der Waals surface area contributed by atoms with Gasteiger partial charge in [-0.15, -0.1) is 11.8 Å². The molecule has 134 valence electrons. The first-order chi connectivity index (χ1) is 12.0. The first-order valence-corrected chi connectivity index (χ1v) is 10.1. The fraction of sp³-hybridized carbons (Fsp3) is 0.500. The van der Waals surface area contributed by atoms with Gasteiger partial charge in [-0.05, 0) is 63.1 Å². The molecule has 1 aliphatic rings. The van der Waals surface area contributed by atoms with Crippen molar-refractivity contribution in [3.8, 4) is 0 Å². The Morgan fingerprint density at radius 2 is 2.04 bits per heavy atom. The lowest BCUT2D eigenvalue weighted by atomic mass is 9.89. The summed E-state index contributed by atoms with van der Waals surface area (Å²) in [5, 5.41) is 7.06. The van der Waals surface area contributed by atoms with E-state index in [0.29, 0.717) is 5.75 Å². The molecule has 0 aliphatic heterocycles. The van der Waals surface area contributed by atoms with Crippen molar-refractivity contribution in [2.24, 2.45) is 0 Å². The van der Waals surface area contributed by atoms with E-state index >= 15 is 0 Å². The molecule has 0 spiro atoms. The molecule has 0 saturated carbocycles. The third kappa shape index (κ3) is 4.46. The molecule has 1 N–H and O–H groups in total.